The molecular weight excluding hydrogens is 1060 g/mol. The number of phenolic OH excluding ortho intramolecular Hbond substituents is 2. The van der Waals surface area contributed by atoms with E-state index in [-0.39, 0.29) is 22.5 Å². The number of benzene rings is 11. The molecule has 2 aliphatic heterocycles. The van der Waals surface area contributed by atoms with Gasteiger partial charge in [0.1, 0.15) is 23.0 Å². The van der Waals surface area contributed by atoms with E-state index in [4.69, 9.17) is 9.47 Å². The Bertz CT molecular complexity index is 4560. The third-order valence-corrected chi connectivity index (χ3v) is 20.6. The second-order valence-electron chi connectivity index (χ2n) is 26.4. The van der Waals surface area contributed by atoms with Crippen LogP contribution in [0.4, 0.5) is 0 Å². The molecule has 4 aliphatic rings. The molecule has 0 aromatic heterocycles. The number of aromatic hydroxyl groups is 2. The van der Waals surface area contributed by atoms with Crippen LogP contribution in [0.15, 0.2) is 224 Å². The van der Waals surface area contributed by atoms with Gasteiger partial charge in [-0.25, -0.2) is 0 Å². The van der Waals surface area contributed by atoms with Gasteiger partial charge in [-0.05, 0) is 163 Å². The molecule has 4 heteroatoms. The number of hydrogen-bond donors (Lipinski definition) is 2. The molecule has 2 spiro atoms. The first-order valence-electron chi connectivity index (χ1n) is 31.7. The fraction of sp³-hybridized carbons (Fsp3) is 0.229. The normalized spacial score (nSPS) is 15.8. The van der Waals surface area contributed by atoms with Crippen molar-refractivity contribution in [3.05, 3.63) is 286 Å². The van der Waals surface area contributed by atoms with Gasteiger partial charge in [0, 0.05) is 54.9 Å². The predicted octanol–water partition coefficient (Wildman–Crippen LogP) is 21.4. The third kappa shape index (κ3) is 8.68. The van der Waals surface area contributed by atoms with Gasteiger partial charge in [-0.3, -0.25) is 0 Å². The van der Waals surface area contributed by atoms with Crippen LogP contribution < -0.4 is 9.47 Å². The first kappa shape index (κ1) is 54.5. The monoisotopic (exact) mass is 1130 g/mol. The van der Waals surface area contributed by atoms with Gasteiger partial charge in [-0.2, -0.15) is 0 Å². The SMILES string of the molecule is CCCCC(C)(CC)Cc1ccc2c3c(ccc2c1O)C(c1ccc(C2=CC4(Oc5c2ccc2c(O)cc(CC(c6ccc7ccccc7c6)C(C)(C)CCC)cc52)c2ccccc2-c2ccccc24)cc1)=CC1(O3)c2ccccc2-c2ccccc21. The van der Waals surface area contributed by atoms with Crippen molar-refractivity contribution in [1.29, 1.82) is 0 Å². The van der Waals surface area contributed by atoms with Crippen LogP contribution in [-0.4, -0.2) is 10.2 Å². The lowest BCUT2D eigenvalue weighted by molar-refractivity contribution is 0.167. The van der Waals surface area contributed by atoms with Crippen LogP contribution in [0.3, 0.4) is 0 Å². The lowest BCUT2D eigenvalue weighted by Gasteiger charge is -2.37. The van der Waals surface area contributed by atoms with E-state index in [1.54, 1.807) is 0 Å². The van der Waals surface area contributed by atoms with Crippen molar-refractivity contribution in [2.75, 3.05) is 0 Å². The van der Waals surface area contributed by atoms with Crippen LogP contribution in [0.2, 0.25) is 0 Å². The zero-order valence-electron chi connectivity index (χ0n) is 50.8. The van der Waals surface area contributed by atoms with E-state index in [1.165, 1.54) is 22.8 Å². The maximum Gasteiger partial charge on any atom is 0.179 e. The highest BCUT2D eigenvalue weighted by Gasteiger charge is 2.49. The van der Waals surface area contributed by atoms with Crippen molar-refractivity contribution in [2.45, 2.75) is 110 Å². The lowest BCUT2D eigenvalue weighted by atomic mass is 9.69. The topological polar surface area (TPSA) is 58.9 Å². The summed E-state index contributed by atoms with van der Waals surface area (Å²) in [4.78, 5) is 0. The first-order chi connectivity index (χ1) is 42.3. The van der Waals surface area contributed by atoms with Crippen LogP contribution >= 0.6 is 0 Å². The third-order valence-electron chi connectivity index (χ3n) is 20.6. The van der Waals surface area contributed by atoms with E-state index in [1.807, 2.05) is 6.07 Å². The molecule has 15 rings (SSSR count). The van der Waals surface area contributed by atoms with Crippen molar-refractivity contribution >= 4 is 43.5 Å². The highest BCUT2D eigenvalue weighted by molar-refractivity contribution is 6.04. The quantitative estimate of drug-likeness (QED) is 0.114. The Morgan fingerprint density at radius 2 is 0.954 bits per heavy atom. The van der Waals surface area contributed by atoms with Crippen LogP contribution in [-0.2, 0) is 24.0 Å². The number of ether oxygens (including phenoxy) is 2. The molecule has 2 heterocycles. The van der Waals surface area contributed by atoms with E-state index in [2.05, 4.69) is 260 Å². The highest BCUT2D eigenvalue weighted by Crippen LogP contribution is 2.60. The van der Waals surface area contributed by atoms with Crippen molar-refractivity contribution in [1.82, 2.24) is 0 Å². The molecule has 0 saturated heterocycles. The van der Waals surface area contributed by atoms with Crippen molar-refractivity contribution in [2.24, 2.45) is 10.8 Å². The smallest absolute Gasteiger partial charge is 0.179 e. The minimum absolute atomic E-state index is 0.0292. The maximum atomic E-state index is 12.3. The summed E-state index contributed by atoms with van der Waals surface area (Å²) in [5.41, 5.74) is 16.7. The molecule has 0 bridgehead atoms. The molecule has 4 nitrogen and oxygen atoms in total. The molecule has 0 saturated carbocycles. The second kappa shape index (κ2) is 20.8. The van der Waals surface area contributed by atoms with Gasteiger partial charge in [0.15, 0.2) is 11.2 Å². The summed E-state index contributed by atoms with van der Waals surface area (Å²) in [5.74, 6) is 2.29. The van der Waals surface area contributed by atoms with E-state index >= 15 is 0 Å². The Morgan fingerprint density at radius 3 is 1.49 bits per heavy atom. The van der Waals surface area contributed by atoms with Crippen molar-refractivity contribution < 1.29 is 19.7 Å². The summed E-state index contributed by atoms with van der Waals surface area (Å²) in [6, 6.07) is 76.5. The van der Waals surface area contributed by atoms with Gasteiger partial charge in [-0.1, -0.05) is 243 Å². The number of rotatable bonds is 14. The molecular formula is C83H74O4. The molecule has 2 aliphatic carbocycles. The van der Waals surface area contributed by atoms with E-state index in [9.17, 15) is 10.2 Å². The Balaban J connectivity index is 0.896. The van der Waals surface area contributed by atoms with E-state index < -0.39 is 11.2 Å². The van der Waals surface area contributed by atoms with E-state index in [0.29, 0.717) is 5.75 Å². The number of unbranched alkanes of at least 4 members (excludes halogenated alkanes) is 1. The number of phenols is 2. The summed E-state index contributed by atoms with van der Waals surface area (Å²) in [5, 5.41) is 30.5. The predicted molar refractivity (Wildman–Crippen MR) is 359 cm³/mol. The molecule has 2 N–H and O–H groups in total. The summed E-state index contributed by atoms with van der Waals surface area (Å²) >= 11 is 0. The van der Waals surface area contributed by atoms with Crippen molar-refractivity contribution in [3.63, 3.8) is 0 Å². The lowest BCUT2D eigenvalue weighted by Crippen LogP contribution is -2.33. The van der Waals surface area contributed by atoms with Gasteiger partial charge in [0.05, 0.1) is 0 Å². The zero-order valence-corrected chi connectivity index (χ0v) is 50.8. The first-order valence-corrected chi connectivity index (χ1v) is 31.7. The molecule has 430 valence electrons. The van der Waals surface area contributed by atoms with Crippen molar-refractivity contribution in [3.8, 4) is 45.3 Å². The minimum atomic E-state index is -0.972. The van der Waals surface area contributed by atoms with Gasteiger partial charge in [0.25, 0.3) is 0 Å². The highest BCUT2D eigenvalue weighted by atomic mass is 16.5. The van der Waals surface area contributed by atoms with Crippen LogP contribution in [0, 0.1) is 10.8 Å². The average molecular weight is 1140 g/mol. The summed E-state index contributed by atoms with van der Waals surface area (Å²) < 4.78 is 15.4. The molecule has 0 amide bonds. The fourth-order valence-electron chi connectivity index (χ4n) is 15.8. The summed E-state index contributed by atoms with van der Waals surface area (Å²) in [6.07, 6.45) is 12.9. The van der Waals surface area contributed by atoms with Crippen LogP contribution in [0.25, 0.3) is 65.7 Å². The maximum absolute atomic E-state index is 12.3. The second-order valence-corrected chi connectivity index (χ2v) is 26.4. The summed E-state index contributed by atoms with van der Waals surface area (Å²) in [7, 11) is 0. The number of hydrogen-bond acceptors (Lipinski definition) is 4. The molecule has 2 atom stereocenters. The summed E-state index contributed by atoms with van der Waals surface area (Å²) in [6.45, 7) is 14.0. The molecule has 2 unspecified atom stereocenters. The van der Waals surface area contributed by atoms with Crippen LogP contribution in [0.1, 0.15) is 147 Å². The molecule has 11 aromatic carbocycles. The largest absolute Gasteiger partial charge is 0.507 e. The standard InChI is InChI=1S/C83H74O4/c1-7-10-44-81(6,9-3)49-58-37-38-65-64(77(58)85)40-42-66-69(50-82(86-78(65)66)71-27-17-13-23-59(71)60-24-14-18-28-72(60)82)54-32-34-55(35-33-54)70-51-83(73-29-19-15-25-61(73)62-26-16-20-30-74(62)83)87-79-67(70)41-39-63-68(79)45-52(47-76(63)84)46-75(80(4,5)43-8-2)57-36-31-53-21-11-12-22-56(53)48-57/h11-42,45,47-48,50-51,75,84-85H,7-10,43-44,46,49H2,1-6H3. The van der Waals surface area contributed by atoms with Gasteiger partial charge in [0.2, 0.25) is 0 Å². The Labute approximate surface area is 512 Å². The molecule has 11 aromatic rings. The molecule has 0 radical (unpaired) electrons. The minimum Gasteiger partial charge on any atom is -0.507 e. The van der Waals surface area contributed by atoms with Gasteiger partial charge in [-0.15, -0.1) is 0 Å². The number of fused-ring (bicyclic) bond motifs is 17. The fourth-order valence-corrected chi connectivity index (χ4v) is 15.8. The van der Waals surface area contributed by atoms with Gasteiger partial charge < -0.3 is 19.7 Å². The Hall–Kier alpha value is -9.12. The average Bonchev–Trinajstić information content (AvgIpc) is 1.65. The van der Waals surface area contributed by atoms with E-state index in [0.717, 1.165) is 167 Å². The molecule has 87 heavy (non-hydrogen) atoms. The zero-order chi connectivity index (χ0) is 59.4. The molecule has 0 fully saturated rings. The Morgan fingerprint density at radius 1 is 0.448 bits per heavy atom. The Kier molecular flexibility index (Phi) is 13.0. The van der Waals surface area contributed by atoms with Gasteiger partial charge >= 0.3 is 0 Å². The van der Waals surface area contributed by atoms with Crippen LogP contribution in [0.5, 0.6) is 23.0 Å².